The van der Waals surface area contributed by atoms with E-state index in [1.165, 1.54) is 0 Å². The van der Waals surface area contributed by atoms with Gasteiger partial charge in [-0.15, -0.1) is 0 Å². The maximum atomic E-state index is 6.09. The van der Waals surface area contributed by atoms with E-state index in [1.807, 2.05) is 30.3 Å². The molecule has 0 aliphatic rings. The molecule has 0 saturated carbocycles. The molecule has 0 saturated heterocycles. The summed E-state index contributed by atoms with van der Waals surface area (Å²) < 4.78 is 5.36. The Morgan fingerprint density at radius 1 is 0.889 bits per heavy atom. The van der Waals surface area contributed by atoms with Crippen LogP contribution in [-0.2, 0) is 0 Å². The fraction of sp³-hybridized carbons (Fsp3) is 0.0500. The van der Waals surface area contributed by atoms with E-state index in [0.717, 1.165) is 22.3 Å². The third-order valence-corrected chi connectivity index (χ3v) is 4.19. The third-order valence-electron chi connectivity index (χ3n) is 3.96. The Bertz CT molecular complexity index is 1100. The number of hydrogen-bond acceptors (Lipinski definition) is 6. The molecule has 2 heterocycles. The zero-order valence-electron chi connectivity index (χ0n) is 14.5. The van der Waals surface area contributed by atoms with Crippen molar-refractivity contribution in [2.45, 2.75) is 0 Å². The number of benzene rings is 2. The maximum Gasteiger partial charge on any atom is 0.229 e. The Hall–Kier alpha value is -3.38. The molecule has 0 aliphatic carbocycles. The molecule has 0 atom stereocenters. The minimum absolute atomic E-state index is 0.458. The molecule has 0 aliphatic heterocycles. The smallest absolute Gasteiger partial charge is 0.229 e. The van der Waals surface area contributed by atoms with Gasteiger partial charge in [0.2, 0.25) is 5.95 Å². The molecule has 0 fully saturated rings. The zero-order valence-corrected chi connectivity index (χ0v) is 15.2. The monoisotopic (exact) mass is 377 g/mol. The average Bonchev–Trinajstić information content (AvgIpc) is 2.69. The summed E-state index contributed by atoms with van der Waals surface area (Å²) in [4.78, 5) is 13.2. The normalized spacial score (nSPS) is 10.6. The number of aromatic nitrogens is 3. The Morgan fingerprint density at radius 3 is 2.67 bits per heavy atom. The van der Waals surface area contributed by atoms with Crippen LogP contribution in [0.25, 0.3) is 10.9 Å². The number of rotatable bonds is 5. The molecule has 0 unspecified atom stereocenters. The lowest BCUT2D eigenvalue weighted by molar-refractivity contribution is 0.417. The van der Waals surface area contributed by atoms with E-state index in [1.54, 1.807) is 43.8 Å². The van der Waals surface area contributed by atoms with Gasteiger partial charge in [-0.3, -0.25) is 4.98 Å². The van der Waals surface area contributed by atoms with E-state index < -0.39 is 0 Å². The molecule has 0 radical (unpaired) electrons. The summed E-state index contributed by atoms with van der Waals surface area (Å²) >= 11 is 6.09. The first kappa shape index (κ1) is 17.1. The van der Waals surface area contributed by atoms with Gasteiger partial charge in [-0.1, -0.05) is 29.8 Å². The second-order valence-corrected chi connectivity index (χ2v) is 6.18. The lowest BCUT2D eigenvalue weighted by atomic mass is 10.2. The van der Waals surface area contributed by atoms with Crippen LogP contribution in [0.1, 0.15) is 0 Å². The van der Waals surface area contributed by atoms with Crippen LogP contribution in [0.4, 0.5) is 23.1 Å². The number of nitrogens with one attached hydrogen (secondary N) is 2. The molecule has 4 aromatic rings. The molecule has 2 aromatic heterocycles. The second kappa shape index (κ2) is 7.47. The predicted octanol–water partition coefficient (Wildman–Crippen LogP) is 5.17. The first-order valence-corrected chi connectivity index (χ1v) is 8.65. The van der Waals surface area contributed by atoms with Gasteiger partial charge in [-0.05, 0) is 36.4 Å². The number of methoxy groups -OCH3 is 1. The lowest BCUT2D eigenvalue weighted by Gasteiger charge is -2.12. The highest BCUT2D eigenvalue weighted by molar-refractivity contribution is 6.31. The molecule has 2 aromatic carbocycles. The van der Waals surface area contributed by atoms with Crippen LogP contribution in [0.15, 0.2) is 67.0 Å². The van der Waals surface area contributed by atoms with Crippen LogP contribution in [0.3, 0.4) is 0 Å². The van der Waals surface area contributed by atoms with Crippen molar-refractivity contribution < 1.29 is 4.74 Å². The Balaban J connectivity index is 1.62. The fourth-order valence-corrected chi connectivity index (χ4v) is 2.90. The van der Waals surface area contributed by atoms with Gasteiger partial charge in [-0.2, -0.15) is 4.98 Å². The van der Waals surface area contributed by atoms with Crippen LogP contribution in [0.2, 0.25) is 5.02 Å². The second-order valence-electron chi connectivity index (χ2n) is 5.74. The van der Waals surface area contributed by atoms with E-state index in [-0.39, 0.29) is 0 Å². The summed E-state index contributed by atoms with van der Waals surface area (Å²) in [6.07, 6.45) is 3.44. The van der Waals surface area contributed by atoms with Gasteiger partial charge < -0.3 is 15.4 Å². The number of hydrogen-bond donors (Lipinski definition) is 2. The summed E-state index contributed by atoms with van der Waals surface area (Å²) in [5, 5.41) is 8.09. The summed E-state index contributed by atoms with van der Waals surface area (Å²) in [7, 11) is 1.61. The van der Waals surface area contributed by atoms with Crippen molar-refractivity contribution in [3.05, 3.63) is 72.0 Å². The van der Waals surface area contributed by atoms with Gasteiger partial charge >= 0.3 is 0 Å². The van der Waals surface area contributed by atoms with Crippen molar-refractivity contribution in [2.75, 3.05) is 17.7 Å². The minimum atomic E-state index is 0.458. The number of para-hydroxylation sites is 1. The highest BCUT2D eigenvalue weighted by Gasteiger charge is 2.08. The zero-order chi connectivity index (χ0) is 18.6. The van der Waals surface area contributed by atoms with Crippen LogP contribution in [-0.4, -0.2) is 22.1 Å². The number of halogens is 1. The van der Waals surface area contributed by atoms with Crippen molar-refractivity contribution in [3.8, 4) is 5.75 Å². The average molecular weight is 378 g/mol. The van der Waals surface area contributed by atoms with Crippen LogP contribution < -0.4 is 15.4 Å². The van der Waals surface area contributed by atoms with E-state index in [0.29, 0.717) is 22.5 Å². The van der Waals surface area contributed by atoms with Crippen molar-refractivity contribution in [1.29, 1.82) is 0 Å². The van der Waals surface area contributed by atoms with Gasteiger partial charge in [0.05, 0.1) is 24.0 Å². The largest absolute Gasteiger partial charge is 0.495 e. The number of ether oxygens (including phenoxy) is 1. The Labute approximate surface area is 161 Å². The highest BCUT2D eigenvalue weighted by Crippen LogP contribution is 2.30. The van der Waals surface area contributed by atoms with E-state index >= 15 is 0 Å². The van der Waals surface area contributed by atoms with Gasteiger partial charge in [0.1, 0.15) is 11.6 Å². The standard InChI is InChI=1S/C20H16ClN5O/c1-27-17-8-7-14(21)12-16(17)24-18-9-11-23-20(26-18)25-15-6-2-4-13-5-3-10-22-19(13)15/h2-12H,1H3,(H2,23,24,25,26). The van der Waals surface area contributed by atoms with Crippen molar-refractivity contribution >= 4 is 45.6 Å². The SMILES string of the molecule is COc1ccc(Cl)cc1Nc1ccnc(Nc2cccc3cccnc23)n1. The Kier molecular flexibility index (Phi) is 4.72. The number of fused-ring (bicyclic) bond motifs is 1. The van der Waals surface area contributed by atoms with Crippen molar-refractivity contribution in [2.24, 2.45) is 0 Å². The molecular weight excluding hydrogens is 362 g/mol. The molecule has 6 nitrogen and oxygen atoms in total. The third kappa shape index (κ3) is 3.75. The molecule has 0 bridgehead atoms. The molecular formula is C20H16ClN5O. The first-order chi connectivity index (χ1) is 13.2. The minimum Gasteiger partial charge on any atom is -0.495 e. The summed E-state index contributed by atoms with van der Waals surface area (Å²) in [6, 6.07) is 17.0. The molecule has 4 rings (SSSR count). The molecule has 134 valence electrons. The number of pyridine rings is 1. The maximum absolute atomic E-state index is 6.09. The fourth-order valence-electron chi connectivity index (χ4n) is 2.73. The molecule has 0 amide bonds. The van der Waals surface area contributed by atoms with E-state index in [9.17, 15) is 0 Å². The van der Waals surface area contributed by atoms with Gasteiger partial charge in [0, 0.05) is 22.8 Å². The topological polar surface area (TPSA) is 72.0 Å². The predicted molar refractivity (Wildman–Crippen MR) is 108 cm³/mol. The van der Waals surface area contributed by atoms with E-state index in [2.05, 4.69) is 25.6 Å². The van der Waals surface area contributed by atoms with Gasteiger partial charge in [0.15, 0.2) is 0 Å². The number of nitrogens with zero attached hydrogens (tertiary/aromatic N) is 3. The van der Waals surface area contributed by atoms with Gasteiger partial charge in [0.25, 0.3) is 0 Å². The van der Waals surface area contributed by atoms with Gasteiger partial charge in [-0.25, -0.2) is 4.98 Å². The summed E-state index contributed by atoms with van der Waals surface area (Å²) in [5.74, 6) is 1.74. The molecule has 27 heavy (non-hydrogen) atoms. The highest BCUT2D eigenvalue weighted by atomic mass is 35.5. The first-order valence-electron chi connectivity index (χ1n) is 8.27. The van der Waals surface area contributed by atoms with Crippen LogP contribution in [0, 0.1) is 0 Å². The summed E-state index contributed by atoms with van der Waals surface area (Å²) in [5.41, 5.74) is 2.42. The molecule has 7 heteroatoms. The van der Waals surface area contributed by atoms with Crippen molar-refractivity contribution in [3.63, 3.8) is 0 Å². The Morgan fingerprint density at radius 2 is 1.78 bits per heavy atom. The van der Waals surface area contributed by atoms with E-state index in [4.69, 9.17) is 16.3 Å². The molecule has 0 spiro atoms. The quantitative estimate of drug-likeness (QED) is 0.499. The lowest BCUT2D eigenvalue weighted by Crippen LogP contribution is -2.02. The number of anilines is 4. The van der Waals surface area contributed by atoms with Crippen LogP contribution >= 0.6 is 11.6 Å². The summed E-state index contributed by atoms with van der Waals surface area (Å²) in [6.45, 7) is 0. The molecule has 2 N–H and O–H groups in total. The van der Waals surface area contributed by atoms with Crippen molar-refractivity contribution in [1.82, 2.24) is 15.0 Å². The van der Waals surface area contributed by atoms with Crippen LogP contribution in [0.5, 0.6) is 5.75 Å².